The minimum atomic E-state index is -0.201. The molecule has 0 atom stereocenters. The van der Waals surface area contributed by atoms with Gasteiger partial charge in [-0.05, 0) is 42.8 Å². The fraction of sp³-hybridized carbons (Fsp3) is 0.214. The zero-order valence-electron chi connectivity index (χ0n) is 9.94. The van der Waals surface area contributed by atoms with Crippen molar-refractivity contribution in [3.8, 4) is 5.75 Å². The number of benzene rings is 1. The van der Waals surface area contributed by atoms with E-state index in [1.165, 1.54) is 12.3 Å². The summed E-state index contributed by atoms with van der Waals surface area (Å²) in [4.78, 5) is 4.06. The van der Waals surface area contributed by atoms with Gasteiger partial charge in [0.2, 0.25) is 0 Å². The average molecular weight is 246 g/mol. The monoisotopic (exact) mass is 246 g/mol. The highest BCUT2D eigenvalue weighted by molar-refractivity contribution is 5.18. The summed E-state index contributed by atoms with van der Waals surface area (Å²) < 4.78 is 12.9. The van der Waals surface area contributed by atoms with E-state index in [1.807, 2.05) is 6.07 Å². The second-order valence-electron chi connectivity index (χ2n) is 4.06. The van der Waals surface area contributed by atoms with Crippen molar-refractivity contribution in [1.82, 2.24) is 10.3 Å². The largest absolute Gasteiger partial charge is 0.506 e. The minimum absolute atomic E-state index is 0.165. The fourth-order valence-electron chi connectivity index (χ4n) is 1.66. The van der Waals surface area contributed by atoms with Crippen LogP contribution in [0.25, 0.3) is 0 Å². The summed E-state index contributed by atoms with van der Waals surface area (Å²) in [6, 6.07) is 9.98. The van der Waals surface area contributed by atoms with Crippen LogP contribution in [0, 0.1) is 5.82 Å². The van der Waals surface area contributed by atoms with Gasteiger partial charge in [-0.25, -0.2) is 4.39 Å². The Bertz CT molecular complexity index is 499. The van der Waals surface area contributed by atoms with Crippen LogP contribution in [0.15, 0.2) is 42.6 Å². The molecular weight excluding hydrogens is 231 g/mol. The van der Waals surface area contributed by atoms with Crippen LogP contribution in [0.4, 0.5) is 4.39 Å². The van der Waals surface area contributed by atoms with E-state index in [0.717, 1.165) is 24.2 Å². The zero-order chi connectivity index (χ0) is 12.8. The van der Waals surface area contributed by atoms with Crippen molar-refractivity contribution in [2.75, 3.05) is 6.54 Å². The van der Waals surface area contributed by atoms with Gasteiger partial charge in [-0.1, -0.05) is 12.1 Å². The molecule has 2 rings (SSSR count). The van der Waals surface area contributed by atoms with Crippen LogP contribution in [0.3, 0.4) is 0 Å². The van der Waals surface area contributed by atoms with Gasteiger partial charge in [-0.2, -0.15) is 0 Å². The van der Waals surface area contributed by atoms with Crippen LogP contribution >= 0.6 is 0 Å². The number of aromatic nitrogens is 1. The summed E-state index contributed by atoms with van der Waals surface area (Å²) >= 11 is 0. The van der Waals surface area contributed by atoms with Gasteiger partial charge in [0.25, 0.3) is 0 Å². The summed E-state index contributed by atoms with van der Waals surface area (Å²) in [6.45, 7) is 1.39. The molecule has 18 heavy (non-hydrogen) atoms. The molecule has 0 aliphatic heterocycles. The van der Waals surface area contributed by atoms with Crippen LogP contribution in [-0.4, -0.2) is 16.6 Å². The molecule has 3 nitrogen and oxygen atoms in total. The predicted molar refractivity (Wildman–Crippen MR) is 67.7 cm³/mol. The molecule has 2 aromatic rings. The van der Waals surface area contributed by atoms with Gasteiger partial charge < -0.3 is 10.4 Å². The first kappa shape index (κ1) is 12.5. The molecule has 4 heteroatoms. The van der Waals surface area contributed by atoms with Crippen LogP contribution in [0.5, 0.6) is 5.75 Å². The van der Waals surface area contributed by atoms with E-state index in [2.05, 4.69) is 10.3 Å². The van der Waals surface area contributed by atoms with E-state index in [4.69, 9.17) is 5.11 Å². The summed E-state index contributed by atoms with van der Waals surface area (Å²) in [5.74, 6) is -0.0359. The van der Waals surface area contributed by atoms with Gasteiger partial charge in [0.05, 0.1) is 11.9 Å². The first-order chi connectivity index (χ1) is 8.74. The lowest BCUT2D eigenvalue weighted by atomic mass is 10.1. The minimum Gasteiger partial charge on any atom is -0.506 e. The number of rotatable bonds is 5. The van der Waals surface area contributed by atoms with Crippen LogP contribution in [0.1, 0.15) is 11.3 Å². The third kappa shape index (κ3) is 3.82. The van der Waals surface area contributed by atoms with Gasteiger partial charge in [0.1, 0.15) is 11.6 Å². The molecule has 0 saturated carbocycles. The Hall–Kier alpha value is -1.94. The predicted octanol–water partition coefficient (Wildman–Crippen LogP) is 2.26. The van der Waals surface area contributed by atoms with Crippen molar-refractivity contribution in [3.63, 3.8) is 0 Å². The highest BCUT2D eigenvalue weighted by Crippen LogP contribution is 2.06. The molecule has 0 aliphatic rings. The van der Waals surface area contributed by atoms with Crippen molar-refractivity contribution >= 4 is 0 Å². The molecule has 1 heterocycles. The fourth-order valence-corrected chi connectivity index (χ4v) is 1.66. The smallest absolute Gasteiger partial charge is 0.133 e. The lowest BCUT2D eigenvalue weighted by Gasteiger charge is -2.05. The number of hydrogen-bond donors (Lipinski definition) is 2. The molecule has 0 aliphatic carbocycles. The Morgan fingerprint density at radius 3 is 2.83 bits per heavy atom. The number of aromatic hydroxyl groups is 1. The van der Waals surface area contributed by atoms with E-state index in [9.17, 15) is 4.39 Å². The molecule has 0 bridgehead atoms. The molecule has 1 aromatic carbocycles. The van der Waals surface area contributed by atoms with Crippen molar-refractivity contribution < 1.29 is 9.50 Å². The highest BCUT2D eigenvalue weighted by Gasteiger charge is 1.97. The summed E-state index contributed by atoms with van der Waals surface area (Å²) in [5.41, 5.74) is 1.84. The normalized spacial score (nSPS) is 10.5. The molecule has 0 spiro atoms. The van der Waals surface area contributed by atoms with E-state index in [-0.39, 0.29) is 11.6 Å². The molecule has 1 aromatic heterocycles. The van der Waals surface area contributed by atoms with Crippen LogP contribution in [0.2, 0.25) is 0 Å². The first-order valence-corrected chi connectivity index (χ1v) is 5.83. The van der Waals surface area contributed by atoms with Gasteiger partial charge >= 0.3 is 0 Å². The quantitative estimate of drug-likeness (QED) is 0.795. The maximum Gasteiger partial charge on any atom is 0.133 e. The second kappa shape index (κ2) is 6.12. The summed E-state index contributed by atoms with van der Waals surface area (Å²) in [7, 11) is 0. The molecule has 0 fully saturated rings. The molecular formula is C14H15FN2O. The van der Waals surface area contributed by atoms with E-state index >= 15 is 0 Å². The van der Waals surface area contributed by atoms with E-state index in [1.54, 1.807) is 24.3 Å². The van der Waals surface area contributed by atoms with Crippen molar-refractivity contribution in [3.05, 3.63) is 59.7 Å². The Kier molecular flexibility index (Phi) is 4.25. The Balaban J connectivity index is 1.74. The molecule has 0 saturated heterocycles. The number of halogens is 1. The topological polar surface area (TPSA) is 45.1 Å². The third-order valence-electron chi connectivity index (χ3n) is 2.59. The molecule has 2 N–H and O–H groups in total. The lowest BCUT2D eigenvalue weighted by molar-refractivity contribution is 0.471. The van der Waals surface area contributed by atoms with Crippen molar-refractivity contribution in [1.29, 1.82) is 0 Å². The number of nitrogens with zero attached hydrogens (tertiary/aromatic N) is 1. The van der Waals surface area contributed by atoms with Crippen LogP contribution in [-0.2, 0) is 13.0 Å². The maximum atomic E-state index is 12.9. The van der Waals surface area contributed by atoms with Crippen LogP contribution < -0.4 is 5.32 Å². The average Bonchev–Trinajstić information content (AvgIpc) is 2.37. The standard InChI is InChI=1S/C14H15FN2O/c15-12-3-1-2-11(8-12)6-7-16-9-13-4-5-14(18)10-17-13/h1-5,8,10,16,18H,6-7,9H2. The van der Waals surface area contributed by atoms with Crippen molar-refractivity contribution in [2.45, 2.75) is 13.0 Å². The second-order valence-corrected chi connectivity index (χ2v) is 4.06. The third-order valence-corrected chi connectivity index (χ3v) is 2.59. The Morgan fingerprint density at radius 2 is 2.11 bits per heavy atom. The zero-order valence-corrected chi connectivity index (χ0v) is 9.94. The molecule has 0 amide bonds. The van der Waals surface area contributed by atoms with Gasteiger partial charge in [0, 0.05) is 6.54 Å². The summed E-state index contributed by atoms with van der Waals surface area (Å²) in [5, 5.41) is 12.3. The van der Waals surface area contributed by atoms with Gasteiger partial charge in [0.15, 0.2) is 0 Å². The van der Waals surface area contributed by atoms with E-state index in [0.29, 0.717) is 6.54 Å². The molecule has 94 valence electrons. The maximum absolute atomic E-state index is 12.9. The lowest BCUT2D eigenvalue weighted by Crippen LogP contribution is -2.17. The molecule has 0 radical (unpaired) electrons. The first-order valence-electron chi connectivity index (χ1n) is 5.83. The SMILES string of the molecule is Oc1ccc(CNCCc2cccc(F)c2)nc1. The Morgan fingerprint density at radius 1 is 1.22 bits per heavy atom. The highest BCUT2D eigenvalue weighted by atomic mass is 19.1. The van der Waals surface area contributed by atoms with Gasteiger partial charge in [-0.15, -0.1) is 0 Å². The Labute approximate surface area is 105 Å². The number of nitrogens with one attached hydrogen (secondary N) is 1. The number of pyridine rings is 1. The van der Waals surface area contributed by atoms with Crippen molar-refractivity contribution in [2.24, 2.45) is 0 Å². The molecule has 0 unspecified atom stereocenters. The van der Waals surface area contributed by atoms with E-state index < -0.39 is 0 Å². The summed E-state index contributed by atoms with van der Waals surface area (Å²) in [6.07, 6.45) is 2.19. The van der Waals surface area contributed by atoms with Gasteiger partial charge in [-0.3, -0.25) is 4.98 Å². The number of hydrogen-bond acceptors (Lipinski definition) is 3.